The zero-order valence-corrected chi connectivity index (χ0v) is 14.5. The Kier molecular flexibility index (Phi) is 6.12. The fourth-order valence-electron chi connectivity index (χ4n) is 1.86. The van der Waals surface area contributed by atoms with Crippen LogP contribution in [0, 0.1) is 6.92 Å². The number of Topliss-reactive ketones (excluding diaryl/α,β-unsaturated/α-hetero) is 1. The number of carbonyl (C=O) groups excluding carboxylic acids is 2. The lowest BCUT2D eigenvalue weighted by Gasteiger charge is -2.09. The summed E-state index contributed by atoms with van der Waals surface area (Å²) in [5.41, 5.74) is 1.33. The highest BCUT2D eigenvalue weighted by Gasteiger charge is 2.09. The molecule has 0 spiro atoms. The molecule has 0 aliphatic heterocycles. The van der Waals surface area contributed by atoms with Crippen molar-refractivity contribution in [2.75, 3.05) is 11.9 Å². The van der Waals surface area contributed by atoms with E-state index in [0.29, 0.717) is 35.3 Å². The summed E-state index contributed by atoms with van der Waals surface area (Å²) in [6.07, 6.45) is 0.903. The first-order valence-corrected chi connectivity index (χ1v) is 8.36. The van der Waals surface area contributed by atoms with Gasteiger partial charge in [-0.25, -0.2) is 4.98 Å². The lowest BCUT2D eigenvalue weighted by molar-refractivity contribution is -0.116. The molecular formula is C16H17ClN2O3S. The quantitative estimate of drug-likeness (QED) is 0.601. The predicted molar refractivity (Wildman–Crippen MR) is 91.7 cm³/mol. The van der Waals surface area contributed by atoms with Crippen molar-refractivity contribution in [3.05, 3.63) is 39.9 Å². The second-order valence-electron chi connectivity index (χ2n) is 5.00. The van der Waals surface area contributed by atoms with Gasteiger partial charge in [0.05, 0.1) is 6.61 Å². The molecule has 5 nitrogen and oxygen atoms in total. The number of benzene rings is 1. The maximum absolute atomic E-state index is 11.8. The molecule has 23 heavy (non-hydrogen) atoms. The number of rotatable bonds is 7. The molecule has 0 saturated heterocycles. The van der Waals surface area contributed by atoms with E-state index >= 15 is 0 Å². The lowest BCUT2D eigenvalue weighted by Crippen LogP contribution is -2.13. The zero-order valence-electron chi connectivity index (χ0n) is 12.9. The van der Waals surface area contributed by atoms with Gasteiger partial charge in [-0.2, -0.15) is 0 Å². The van der Waals surface area contributed by atoms with Crippen LogP contribution in [0.5, 0.6) is 5.75 Å². The molecule has 0 saturated carbocycles. The van der Waals surface area contributed by atoms with E-state index in [4.69, 9.17) is 16.3 Å². The Labute approximate surface area is 143 Å². The first-order valence-electron chi connectivity index (χ1n) is 7.11. The molecule has 0 aliphatic carbocycles. The number of amides is 1. The van der Waals surface area contributed by atoms with Crippen LogP contribution >= 0.6 is 22.9 Å². The van der Waals surface area contributed by atoms with Gasteiger partial charge in [-0.1, -0.05) is 11.6 Å². The van der Waals surface area contributed by atoms with Gasteiger partial charge in [-0.3, -0.25) is 9.59 Å². The molecule has 122 valence electrons. The Morgan fingerprint density at radius 1 is 1.39 bits per heavy atom. The van der Waals surface area contributed by atoms with Crippen LogP contribution in [0.1, 0.15) is 35.8 Å². The normalized spacial score (nSPS) is 10.4. The molecule has 1 aromatic heterocycles. The molecule has 1 amide bonds. The minimum Gasteiger partial charge on any atom is -0.493 e. The lowest BCUT2D eigenvalue weighted by atomic mass is 10.2. The molecule has 1 N–H and O–H groups in total. The second kappa shape index (κ2) is 8.08. The van der Waals surface area contributed by atoms with Gasteiger partial charge >= 0.3 is 0 Å². The topological polar surface area (TPSA) is 68.3 Å². The van der Waals surface area contributed by atoms with Gasteiger partial charge in [-0.15, -0.1) is 11.3 Å². The van der Waals surface area contributed by atoms with Gasteiger partial charge in [-0.05, 0) is 37.1 Å². The van der Waals surface area contributed by atoms with Crippen LogP contribution in [0.3, 0.4) is 0 Å². The van der Waals surface area contributed by atoms with Gasteiger partial charge in [0.25, 0.3) is 0 Å². The Hall–Kier alpha value is -1.92. The zero-order chi connectivity index (χ0) is 16.8. The third-order valence-electron chi connectivity index (χ3n) is 3.05. The molecule has 0 aliphatic rings. The van der Waals surface area contributed by atoms with Gasteiger partial charge in [0.15, 0.2) is 10.9 Å². The monoisotopic (exact) mass is 352 g/mol. The van der Waals surface area contributed by atoms with Crippen LogP contribution in [0.15, 0.2) is 23.6 Å². The third kappa shape index (κ3) is 5.33. The van der Waals surface area contributed by atoms with Crippen LogP contribution in [0.25, 0.3) is 0 Å². The van der Waals surface area contributed by atoms with Gasteiger partial charge in [0.2, 0.25) is 5.91 Å². The summed E-state index contributed by atoms with van der Waals surface area (Å²) in [5.74, 6) is 0.500. The highest BCUT2D eigenvalue weighted by molar-refractivity contribution is 7.14. The van der Waals surface area contributed by atoms with E-state index in [-0.39, 0.29) is 11.7 Å². The van der Waals surface area contributed by atoms with Gasteiger partial charge in [0.1, 0.15) is 11.4 Å². The molecule has 2 rings (SSSR count). The maximum atomic E-state index is 11.8. The molecule has 1 heterocycles. The molecule has 0 fully saturated rings. The average Bonchev–Trinajstić information content (AvgIpc) is 2.94. The highest BCUT2D eigenvalue weighted by Crippen LogP contribution is 2.22. The summed E-state index contributed by atoms with van der Waals surface area (Å²) < 4.78 is 5.63. The number of thiazole rings is 1. The maximum Gasteiger partial charge on any atom is 0.226 e. The van der Waals surface area contributed by atoms with Gasteiger partial charge in [0, 0.05) is 23.7 Å². The molecule has 0 radical (unpaired) electrons. The van der Waals surface area contributed by atoms with E-state index in [0.717, 1.165) is 11.3 Å². The first kappa shape index (κ1) is 17.4. The summed E-state index contributed by atoms with van der Waals surface area (Å²) >= 11 is 7.12. The van der Waals surface area contributed by atoms with Crippen LogP contribution in [0.2, 0.25) is 5.02 Å². The molecule has 0 unspecified atom stereocenters. The first-order chi connectivity index (χ1) is 11.0. The van der Waals surface area contributed by atoms with Crippen LogP contribution in [0.4, 0.5) is 5.13 Å². The molecule has 0 atom stereocenters. The number of nitrogens with one attached hydrogen (secondary N) is 1. The van der Waals surface area contributed by atoms with Crippen LogP contribution in [-0.4, -0.2) is 23.3 Å². The minimum absolute atomic E-state index is 0.117. The SMILES string of the molecule is CC(=O)c1csc(NC(=O)CCCOc2ccc(Cl)cc2C)n1. The molecule has 7 heteroatoms. The van der Waals surface area contributed by atoms with E-state index in [1.54, 1.807) is 11.4 Å². The summed E-state index contributed by atoms with van der Waals surface area (Å²) in [5, 5.41) is 5.42. The number of anilines is 1. The summed E-state index contributed by atoms with van der Waals surface area (Å²) in [7, 11) is 0. The van der Waals surface area contributed by atoms with Gasteiger partial charge < -0.3 is 10.1 Å². The van der Waals surface area contributed by atoms with Crippen molar-refractivity contribution in [3.63, 3.8) is 0 Å². The van der Waals surface area contributed by atoms with E-state index < -0.39 is 0 Å². The van der Waals surface area contributed by atoms with E-state index in [2.05, 4.69) is 10.3 Å². The smallest absolute Gasteiger partial charge is 0.226 e. The standard InChI is InChI=1S/C16H17ClN2O3S/c1-10-8-12(17)5-6-14(10)22-7-3-4-15(21)19-16-18-13(9-23-16)11(2)20/h5-6,8-9H,3-4,7H2,1-2H3,(H,18,19,21). The second-order valence-corrected chi connectivity index (χ2v) is 6.30. The average molecular weight is 353 g/mol. The van der Waals surface area contributed by atoms with Crippen LogP contribution < -0.4 is 10.1 Å². The van der Waals surface area contributed by atoms with E-state index in [9.17, 15) is 9.59 Å². The number of carbonyl (C=O) groups is 2. The summed E-state index contributed by atoms with van der Waals surface area (Å²) in [4.78, 5) is 27.0. The Balaban J connectivity index is 1.73. The number of hydrogen-bond acceptors (Lipinski definition) is 5. The number of aromatic nitrogens is 1. The number of ether oxygens (including phenoxy) is 1. The minimum atomic E-state index is -0.147. The highest BCUT2D eigenvalue weighted by atomic mass is 35.5. The fraction of sp³-hybridized carbons (Fsp3) is 0.312. The summed E-state index contributed by atoms with van der Waals surface area (Å²) in [6.45, 7) is 3.80. The molecule has 2 aromatic rings. The van der Waals surface area contributed by atoms with Crippen molar-refractivity contribution in [1.29, 1.82) is 0 Å². The Morgan fingerprint density at radius 3 is 2.83 bits per heavy atom. The van der Waals surface area contributed by atoms with Crippen molar-refractivity contribution in [2.24, 2.45) is 0 Å². The van der Waals surface area contributed by atoms with Crippen molar-refractivity contribution >= 4 is 39.8 Å². The number of aryl methyl sites for hydroxylation is 1. The van der Waals surface area contributed by atoms with Crippen molar-refractivity contribution in [3.8, 4) is 5.75 Å². The van der Waals surface area contributed by atoms with Crippen molar-refractivity contribution in [2.45, 2.75) is 26.7 Å². The number of halogens is 1. The molecule has 0 bridgehead atoms. The van der Waals surface area contributed by atoms with Crippen molar-refractivity contribution in [1.82, 2.24) is 4.98 Å². The van der Waals surface area contributed by atoms with Crippen molar-refractivity contribution < 1.29 is 14.3 Å². The molecular weight excluding hydrogens is 336 g/mol. The number of nitrogens with zero attached hydrogens (tertiary/aromatic N) is 1. The predicted octanol–water partition coefficient (Wildman–Crippen LogP) is 4.11. The van der Waals surface area contributed by atoms with Crippen LogP contribution in [-0.2, 0) is 4.79 Å². The third-order valence-corrected chi connectivity index (χ3v) is 4.05. The molecule has 1 aromatic carbocycles. The Morgan fingerprint density at radius 2 is 2.17 bits per heavy atom. The van der Waals surface area contributed by atoms with E-state index in [1.807, 2.05) is 19.1 Å². The fourth-order valence-corrected chi connectivity index (χ4v) is 2.86. The Bertz CT molecular complexity index is 715. The number of ketones is 1. The summed E-state index contributed by atoms with van der Waals surface area (Å²) in [6, 6.07) is 5.42. The largest absolute Gasteiger partial charge is 0.493 e. The van der Waals surface area contributed by atoms with E-state index in [1.165, 1.54) is 18.3 Å². The number of hydrogen-bond donors (Lipinski definition) is 1.